The van der Waals surface area contributed by atoms with E-state index in [4.69, 9.17) is 9.47 Å². The Labute approximate surface area is 186 Å². The molecule has 1 saturated heterocycles. The molecule has 0 atom stereocenters. The van der Waals surface area contributed by atoms with Crippen molar-refractivity contribution in [3.8, 4) is 11.5 Å². The fourth-order valence-electron chi connectivity index (χ4n) is 3.03. The number of nitrogens with one attached hydrogen (secondary N) is 1. The second kappa shape index (κ2) is 9.03. The number of hydrazine groups is 1. The topological polar surface area (TPSA) is 84.9 Å². The smallest absolute Gasteiger partial charge is 0.353 e. The molecule has 2 amide bonds. The van der Waals surface area contributed by atoms with Crippen LogP contribution in [0.5, 0.6) is 11.5 Å². The van der Waals surface area contributed by atoms with Gasteiger partial charge in [0.05, 0.1) is 12.3 Å². The van der Waals surface area contributed by atoms with Crippen molar-refractivity contribution in [1.29, 1.82) is 0 Å². The molecule has 1 aromatic heterocycles. The third kappa shape index (κ3) is 4.37. The van der Waals surface area contributed by atoms with Gasteiger partial charge in [-0.25, -0.2) is 14.2 Å². The first-order valence-corrected chi connectivity index (χ1v) is 10.5. The minimum absolute atomic E-state index is 0.125. The van der Waals surface area contributed by atoms with E-state index in [1.165, 1.54) is 41.7 Å². The van der Waals surface area contributed by atoms with E-state index in [0.29, 0.717) is 22.8 Å². The molecule has 0 spiro atoms. The van der Waals surface area contributed by atoms with Crippen molar-refractivity contribution in [2.45, 2.75) is 6.92 Å². The molecule has 1 aliphatic rings. The number of nitrogens with zero attached hydrogens (tertiary/aromatic N) is 1. The number of esters is 1. The number of thiophene rings is 1. The largest absolute Gasteiger partial charge is 0.490 e. The van der Waals surface area contributed by atoms with Crippen LogP contribution >= 0.6 is 11.3 Å². The van der Waals surface area contributed by atoms with Crippen molar-refractivity contribution in [1.82, 2.24) is 5.43 Å². The van der Waals surface area contributed by atoms with Crippen LogP contribution < -0.4 is 19.9 Å². The van der Waals surface area contributed by atoms with Gasteiger partial charge in [0, 0.05) is 0 Å². The highest BCUT2D eigenvalue weighted by Gasteiger charge is 2.34. The zero-order valence-corrected chi connectivity index (χ0v) is 17.6. The number of hydrogen-bond acceptors (Lipinski definition) is 6. The summed E-state index contributed by atoms with van der Waals surface area (Å²) in [6, 6.07) is 13.4. The van der Waals surface area contributed by atoms with Crippen LogP contribution in [0.4, 0.5) is 10.1 Å². The van der Waals surface area contributed by atoms with Gasteiger partial charge in [-0.05, 0) is 60.3 Å². The first-order valence-electron chi connectivity index (χ1n) is 9.61. The summed E-state index contributed by atoms with van der Waals surface area (Å²) in [6.07, 6.45) is 1.39. The Kier molecular flexibility index (Phi) is 6.00. The van der Waals surface area contributed by atoms with Crippen LogP contribution in [0.15, 0.2) is 65.6 Å². The molecule has 0 saturated carbocycles. The fourth-order valence-corrected chi connectivity index (χ4v) is 3.63. The maximum atomic E-state index is 13.5. The molecule has 3 aromatic rings. The lowest BCUT2D eigenvalue weighted by atomic mass is 10.1. The van der Waals surface area contributed by atoms with E-state index in [-0.39, 0.29) is 17.0 Å². The Morgan fingerprint density at radius 2 is 1.97 bits per heavy atom. The number of halogens is 1. The first kappa shape index (κ1) is 21.3. The number of rotatable bonds is 6. The Bertz CT molecular complexity index is 1220. The highest BCUT2D eigenvalue weighted by atomic mass is 32.1. The molecule has 2 heterocycles. The van der Waals surface area contributed by atoms with Crippen LogP contribution in [-0.4, -0.2) is 24.4 Å². The van der Waals surface area contributed by atoms with Crippen molar-refractivity contribution in [2.24, 2.45) is 0 Å². The van der Waals surface area contributed by atoms with Gasteiger partial charge in [-0.1, -0.05) is 18.2 Å². The third-order valence-corrected chi connectivity index (χ3v) is 5.31. The first-order chi connectivity index (χ1) is 15.5. The summed E-state index contributed by atoms with van der Waals surface area (Å²) in [5, 5.41) is 2.75. The summed E-state index contributed by atoms with van der Waals surface area (Å²) in [7, 11) is 0. The molecule has 9 heteroatoms. The van der Waals surface area contributed by atoms with E-state index in [0.717, 1.165) is 11.1 Å². The molecule has 2 aromatic carbocycles. The average Bonchev–Trinajstić information content (AvgIpc) is 3.40. The normalized spacial score (nSPS) is 14.6. The van der Waals surface area contributed by atoms with Gasteiger partial charge in [-0.3, -0.25) is 15.0 Å². The van der Waals surface area contributed by atoms with Crippen molar-refractivity contribution in [2.75, 3.05) is 11.6 Å². The number of carbonyl (C=O) groups is 3. The van der Waals surface area contributed by atoms with Gasteiger partial charge in [-0.2, -0.15) is 0 Å². The Morgan fingerprint density at radius 1 is 1.12 bits per heavy atom. The second-order valence-electron chi connectivity index (χ2n) is 6.63. The van der Waals surface area contributed by atoms with Crippen LogP contribution in [0.3, 0.4) is 0 Å². The average molecular weight is 452 g/mol. The van der Waals surface area contributed by atoms with Crippen LogP contribution in [0.2, 0.25) is 0 Å². The Hall–Kier alpha value is -3.98. The van der Waals surface area contributed by atoms with Gasteiger partial charge in [0.1, 0.15) is 16.3 Å². The molecule has 0 aliphatic carbocycles. The second-order valence-corrected chi connectivity index (χ2v) is 7.57. The molecular formula is C23H17FN2O5S. The minimum atomic E-state index is -0.620. The molecule has 0 bridgehead atoms. The van der Waals surface area contributed by atoms with E-state index in [9.17, 15) is 18.8 Å². The minimum Gasteiger partial charge on any atom is -0.490 e. The molecule has 1 aliphatic heterocycles. The van der Waals surface area contributed by atoms with Gasteiger partial charge in [0.2, 0.25) is 0 Å². The molecule has 0 unspecified atom stereocenters. The fraction of sp³-hybridized carbons (Fsp3) is 0.0870. The van der Waals surface area contributed by atoms with E-state index in [2.05, 4.69) is 5.43 Å². The third-order valence-electron chi connectivity index (χ3n) is 4.46. The molecule has 1 N–H and O–H groups in total. The number of anilines is 1. The lowest BCUT2D eigenvalue weighted by Crippen LogP contribution is -2.35. The van der Waals surface area contributed by atoms with Gasteiger partial charge in [-0.15, -0.1) is 11.3 Å². The van der Waals surface area contributed by atoms with Gasteiger partial charge >= 0.3 is 5.97 Å². The summed E-state index contributed by atoms with van der Waals surface area (Å²) < 4.78 is 24.5. The summed E-state index contributed by atoms with van der Waals surface area (Å²) in [4.78, 5) is 37.8. The molecule has 4 rings (SSSR count). The maximum absolute atomic E-state index is 13.5. The predicted molar refractivity (Wildman–Crippen MR) is 117 cm³/mol. The van der Waals surface area contributed by atoms with Crippen LogP contribution in [-0.2, 0) is 9.59 Å². The molecule has 0 radical (unpaired) electrons. The molecule has 1 fully saturated rings. The van der Waals surface area contributed by atoms with Gasteiger partial charge < -0.3 is 9.47 Å². The van der Waals surface area contributed by atoms with E-state index in [1.54, 1.807) is 36.6 Å². The number of hydrogen-bond donors (Lipinski definition) is 1. The number of benzene rings is 2. The number of carbonyl (C=O) groups excluding carboxylic acids is 3. The molecule has 32 heavy (non-hydrogen) atoms. The zero-order chi connectivity index (χ0) is 22.7. The van der Waals surface area contributed by atoms with Gasteiger partial charge in [0.25, 0.3) is 11.8 Å². The van der Waals surface area contributed by atoms with Crippen molar-refractivity contribution < 1.29 is 28.2 Å². The molecule has 7 nitrogen and oxygen atoms in total. The van der Waals surface area contributed by atoms with Crippen molar-refractivity contribution in [3.63, 3.8) is 0 Å². The van der Waals surface area contributed by atoms with Crippen molar-refractivity contribution in [3.05, 3.63) is 81.8 Å². The molecular weight excluding hydrogens is 435 g/mol. The Morgan fingerprint density at radius 3 is 2.69 bits per heavy atom. The van der Waals surface area contributed by atoms with E-state index < -0.39 is 23.6 Å². The maximum Gasteiger partial charge on any atom is 0.353 e. The summed E-state index contributed by atoms with van der Waals surface area (Å²) >= 11 is 1.26. The zero-order valence-electron chi connectivity index (χ0n) is 16.8. The standard InChI is InChI=1S/C23H17FN2O5S/c1-2-30-19-12-14(8-9-18(19)31-23(29)20-7-4-10-32-20)11-17-21(27)25-26(22(17)28)16-6-3-5-15(24)13-16/h3-13H,2H2,1H3,(H,25,27)/b17-11-. The monoisotopic (exact) mass is 452 g/mol. The summed E-state index contributed by atoms with van der Waals surface area (Å²) in [5.74, 6) is -1.77. The SMILES string of the molecule is CCOc1cc(/C=C2/C(=O)NN(c3cccc(F)c3)C2=O)ccc1OC(=O)c1cccs1. The molecule has 162 valence electrons. The van der Waals surface area contributed by atoms with Crippen LogP contribution in [0, 0.1) is 5.82 Å². The van der Waals surface area contributed by atoms with E-state index >= 15 is 0 Å². The number of ether oxygens (including phenoxy) is 2. The predicted octanol–water partition coefficient (Wildman–Crippen LogP) is 3.97. The van der Waals surface area contributed by atoms with Crippen molar-refractivity contribution >= 4 is 40.9 Å². The van der Waals surface area contributed by atoms with Crippen LogP contribution in [0.25, 0.3) is 6.08 Å². The quantitative estimate of drug-likeness (QED) is 0.265. The van der Waals surface area contributed by atoms with Crippen LogP contribution in [0.1, 0.15) is 22.2 Å². The summed E-state index contributed by atoms with van der Waals surface area (Å²) in [5.41, 5.74) is 2.99. The highest BCUT2D eigenvalue weighted by Crippen LogP contribution is 2.31. The van der Waals surface area contributed by atoms with Gasteiger partial charge in [0.15, 0.2) is 11.5 Å². The van der Waals surface area contributed by atoms with E-state index in [1.807, 2.05) is 0 Å². The lowest BCUT2D eigenvalue weighted by molar-refractivity contribution is -0.117. The highest BCUT2D eigenvalue weighted by molar-refractivity contribution is 7.12. The number of amides is 2. The Balaban J connectivity index is 1.60. The lowest BCUT2D eigenvalue weighted by Gasteiger charge is -2.14. The summed E-state index contributed by atoms with van der Waals surface area (Å²) in [6.45, 7) is 2.09.